The first kappa shape index (κ1) is 13.6. The zero-order valence-corrected chi connectivity index (χ0v) is 11.3. The maximum Gasteiger partial charge on any atom is 0.147 e. The van der Waals surface area contributed by atoms with Crippen molar-refractivity contribution in [3.05, 3.63) is 29.0 Å². The number of anilines is 1. The third-order valence-corrected chi connectivity index (χ3v) is 3.60. The molecule has 4 heteroatoms. The fraction of sp³-hybridized carbons (Fsp3) is 0.571. The largest absolute Gasteiger partial charge is 0.379 e. The van der Waals surface area contributed by atoms with Crippen LogP contribution in [0.25, 0.3) is 0 Å². The van der Waals surface area contributed by atoms with Crippen molar-refractivity contribution < 1.29 is 9.13 Å². The number of rotatable bonds is 4. The summed E-state index contributed by atoms with van der Waals surface area (Å²) in [5, 5.41) is 3.66. The predicted molar refractivity (Wildman–Crippen MR) is 72.7 cm³/mol. The highest BCUT2D eigenvalue weighted by molar-refractivity contribution is 6.33. The van der Waals surface area contributed by atoms with Gasteiger partial charge in [0.05, 0.1) is 16.8 Å². The molecule has 2 nitrogen and oxygen atoms in total. The molecular weight excluding hydrogens is 253 g/mol. The second-order valence-electron chi connectivity index (χ2n) is 4.74. The molecule has 0 bridgehead atoms. The molecule has 0 aromatic heterocycles. The molecule has 1 aromatic rings. The van der Waals surface area contributed by atoms with Crippen molar-refractivity contribution in [1.82, 2.24) is 0 Å². The molecule has 0 amide bonds. The minimum Gasteiger partial charge on any atom is -0.379 e. The summed E-state index contributed by atoms with van der Waals surface area (Å²) in [5.74, 6) is -0.291. The third-order valence-electron chi connectivity index (χ3n) is 3.29. The van der Waals surface area contributed by atoms with Gasteiger partial charge in [-0.3, -0.25) is 0 Å². The maximum absolute atomic E-state index is 13.7. The molecule has 0 saturated carbocycles. The molecule has 0 aliphatic carbocycles. The Morgan fingerprint density at radius 3 is 3.06 bits per heavy atom. The minimum absolute atomic E-state index is 0.240. The molecule has 2 rings (SSSR count). The highest BCUT2D eigenvalue weighted by Crippen LogP contribution is 2.28. The fourth-order valence-corrected chi connectivity index (χ4v) is 2.59. The second-order valence-corrected chi connectivity index (χ2v) is 5.15. The molecule has 2 atom stereocenters. The van der Waals surface area contributed by atoms with Crippen molar-refractivity contribution in [1.29, 1.82) is 0 Å². The van der Waals surface area contributed by atoms with Gasteiger partial charge < -0.3 is 10.1 Å². The third kappa shape index (κ3) is 3.36. The van der Waals surface area contributed by atoms with Gasteiger partial charge in [-0.05, 0) is 31.4 Å². The molecule has 100 valence electrons. The monoisotopic (exact) mass is 271 g/mol. The highest BCUT2D eigenvalue weighted by Gasteiger charge is 2.23. The van der Waals surface area contributed by atoms with Gasteiger partial charge in [0.1, 0.15) is 5.82 Å². The van der Waals surface area contributed by atoms with E-state index in [0.29, 0.717) is 10.7 Å². The van der Waals surface area contributed by atoms with Gasteiger partial charge in [-0.25, -0.2) is 4.39 Å². The first-order valence-corrected chi connectivity index (χ1v) is 6.90. The number of halogens is 2. The van der Waals surface area contributed by atoms with Gasteiger partial charge in [0, 0.05) is 12.6 Å². The number of hydrogen-bond donors (Lipinski definition) is 1. The van der Waals surface area contributed by atoms with Crippen LogP contribution in [-0.2, 0) is 4.74 Å². The van der Waals surface area contributed by atoms with E-state index in [0.717, 1.165) is 32.3 Å². The van der Waals surface area contributed by atoms with Crippen molar-refractivity contribution in [2.45, 2.75) is 44.8 Å². The Hall–Kier alpha value is -0.800. The van der Waals surface area contributed by atoms with Crippen LogP contribution in [0.4, 0.5) is 10.1 Å². The van der Waals surface area contributed by atoms with E-state index in [1.54, 1.807) is 12.1 Å². The molecular formula is C14H19ClFNO. The quantitative estimate of drug-likeness (QED) is 0.884. The highest BCUT2D eigenvalue weighted by atomic mass is 35.5. The van der Waals surface area contributed by atoms with Gasteiger partial charge in [0.25, 0.3) is 0 Å². The summed E-state index contributed by atoms with van der Waals surface area (Å²) in [6, 6.07) is 4.99. The second kappa shape index (κ2) is 6.39. The Kier molecular flexibility index (Phi) is 4.84. The van der Waals surface area contributed by atoms with Gasteiger partial charge in [-0.2, -0.15) is 0 Å². The topological polar surface area (TPSA) is 21.3 Å². The Balaban J connectivity index is 2.00. The molecule has 1 fully saturated rings. The summed E-state index contributed by atoms with van der Waals surface area (Å²) in [4.78, 5) is 0. The van der Waals surface area contributed by atoms with Crippen molar-refractivity contribution in [2.75, 3.05) is 11.9 Å². The maximum atomic E-state index is 13.7. The van der Waals surface area contributed by atoms with E-state index in [1.807, 2.05) is 0 Å². The average Bonchev–Trinajstić information content (AvgIpc) is 2.35. The van der Waals surface area contributed by atoms with Crippen LogP contribution in [0.15, 0.2) is 18.2 Å². The molecule has 2 unspecified atom stereocenters. The Bertz CT molecular complexity index is 377. The minimum atomic E-state index is -0.291. The number of ether oxygens (including phenoxy) is 1. The van der Waals surface area contributed by atoms with Crippen LogP contribution >= 0.6 is 11.6 Å². The zero-order valence-electron chi connectivity index (χ0n) is 10.6. The predicted octanol–water partition coefficient (Wildman–Crippen LogP) is 4.24. The molecule has 0 radical (unpaired) electrons. The van der Waals surface area contributed by atoms with Gasteiger partial charge in [-0.15, -0.1) is 0 Å². The molecule has 1 heterocycles. The molecule has 1 saturated heterocycles. The van der Waals surface area contributed by atoms with E-state index in [9.17, 15) is 4.39 Å². The molecule has 18 heavy (non-hydrogen) atoms. The van der Waals surface area contributed by atoms with Gasteiger partial charge in [-0.1, -0.05) is 31.0 Å². The normalized spacial score (nSPS) is 23.9. The summed E-state index contributed by atoms with van der Waals surface area (Å²) < 4.78 is 19.4. The zero-order chi connectivity index (χ0) is 13.0. The summed E-state index contributed by atoms with van der Waals surface area (Å²) in [7, 11) is 0. The fourth-order valence-electron chi connectivity index (χ4n) is 2.37. The molecule has 1 aromatic carbocycles. The van der Waals surface area contributed by atoms with E-state index in [1.165, 1.54) is 6.07 Å². The number of benzene rings is 1. The van der Waals surface area contributed by atoms with Crippen LogP contribution < -0.4 is 5.32 Å². The van der Waals surface area contributed by atoms with Crippen molar-refractivity contribution >= 4 is 17.3 Å². The average molecular weight is 272 g/mol. The molecule has 0 spiro atoms. The smallest absolute Gasteiger partial charge is 0.147 e. The van der Waals surface area contributed by atoms with Crippen LogP contribution in [0, 0.1) is 5.82 Å². The number of hydrogen-bond acceptors (Lipinski definition) is 2. The summed E-state index contributed by atoms with van der Waals surface area (Å²) >= 11 is 6.01. The van der Waals surface area contributed by atoms with E-state index >= 15 is 0 Å². The lowest BCUT2D eigenvalue weighted by Gasteiger charge is -2.31. The van der Waals surface area contributed by atoms with Gasteiger partial charge in [0.15, 0.2) is 0 Å². The standard InChI is InChI=1S/C14H19ClFNO/c1-2-4-11-9-10(7-8-18-11)17-14-12(15)5-3-6-13(14)16/h3,5-6,10-11,17H,2,4,7-9H2,1H3. The first-order valence-electron chi connectivity index (χ1n) is 6.53. The summed E-state index contributed by atoms with van der Waals surface area (Å²) in [6.45, 7) is 2.88. The number of para-hydroxylation sites is 1. The lowest BCUT2D eigenvalue weighted by Crippen LogP contribution is -2.34. The molecule has 1 aliphatic heterocycles. The SMILES string of the molecule is CCCC1CC(Nc2c(F)cccc2Cl)CCO1. The Morgan fingerprint density at radius 2 is 2.33 bits per heavy atom. The van der Waals surface area contributed by atoms with Gasteiger partial charge >= 0.3 is 0 Å². The summed E-state index contributed by atoms with van der Waals surface area (Å²) in [5.41, 5.74) is 0.418. The van der Waals surface area contributed by atoms with E-state index in [4.69, 9.17) is 16.3 Å². The van der Waals surface area contributed by atoms with Crippen LogP contribution in [0.2, 0.25) is 5.02 Å². The molecule has 1 N–H and O–H groups in total. The van der Waals surface area contributed by atoms with Crippen LogP contribution in [-0.4, -0.2) is 18.8 Å². The first-order chi connectivity index (χ1) is 8.70. The lowest BCUT2D eigenvalue weighted by atomic mass is 10.00. The van der Waals surface area contributed by atoms with Crippen LogP contribution in [0.5, 0.6) is 0 Å². The van der Waals surface area contributed by atoms with Crippen LogP contribution in [0.1, 0.15) is 32.6 Å². The van der Waals surface area contributed by atoms with Crippen molar-refractivity contribution in [3.8, 4) is 0 Å². The van der Waals surface area contributed by atoms with E-state index in [-0.39, 0.29) is 18.0 Å². The van der Waals surface area contributed by atoms with Crippen LogP contribution in [0.3, 0.4) is 0 Å². The van der Waals surface area contributed by atoms with E-state index in [2.05, 4.69) is 12.2 Å². The van der Waals surface area contributed by atoms with E-state index < -0.39 is 0 Å². The van der Waals surface area contributed by atoms with Crippen molar-refractivity contribution in [2.24, 2.45) is 0 Å². The Labute approximate surface area is 112 Å². The summed E-state index contributed by atoms with van der Waals surface area (Å²) in [6.07, 6.45) is 4.26. The number of nitrogens with one attached hydrogen (secondary N) is 1. The molecule has 1 aliphatic rings. The van der Waals surface area contributed by atoms with Crippen molar-refractivity contribution in [3.63, 3.8) is 0 Å². The Morgan fingerprint density at radius 1 is 1.50 bits per heavy atom. The lowest BCUT2D eigenvalue weighted by molar-refractivity contribution is 0.00593. The van der Waals surface area contributed by atoms with Gasteiger partial charge in [0.2, 0.25) is 0 Å².